The highest BCUT2D eigenvalue weighted by molar-refractivity contribution is 5.74. The van der Waals surface area contributed by atoms with Crippen LogP contribution in [0.25, 0.3) is 11.2 Å². The molecule has 3 aromatic heterocycles. The molecule has 1 aliphatic heterocycles. The van der Waals surface area contributed by atoms with Crippen molar-refractivity contribution in [1.82, 2.24) is 24.1 Å². The average molecular weight is 437 g/mol. The van der Waals surface area contributed by atoms with E-state index in [1.165, 1.54) is 32.1 Å². The van der Waals surface area contributed by atoms with Gasteiger partial charge < -0.3 is 15.0 Å². The molecule has 1 unspecified atom stereocenters. The van der Waals surface area contributed by atoms with E-state index in [1.807, 2.05) is 0 Å². The fourth-order valence-electron chi connectivity index (χ4n) is 5.17. The summed E-state index contributed by atoms with van der Waals surface area (Å²) in [6.07, 6.45) is 15.1. The van der Waals surface area contributed by atoms with Gasteiger partial charge in [0, 0.05) is 12.8 Å². The lowest BCUT2D eigenvalue weighted by Crippen LogP contribution is -2.26. The number of ether oxygens (including phenoxy) is 1. The smallest absolute Gasteiger partial charge is 0.274 e. The number of aromatic nitrogens is 5. The highest BCUT2D eigenvalue weighted by atomic mass is 16.5. The molecular formula is C24H32N6O2. The summed E-state index contributed by atoms with van der Waals surface area (Å²) in [7, 11) is 0. The summed E-state index contributed by atoms with van der Waals surface area (Å²) >= 11 is 0. The van der Waals surface area contributed by atoms with Crippen molar-refractivity contribution in [1.29, 1.82) is 0 Å². The second-order valence-corrected chi connectivity index (χ2v) is 9.15. The van der Waals surface area contributed by atoms with E-state index in [1.54, 1.807) is 29.2 Å². The Morgan fingerprint density at radius 3 is 2.75 bits per heavy atom. The summed E-state index contributed by atoms with van der Waals surface area (Å²) in [4.78, 5) is 26.8. The van der Waals surface area contributed by atoms with Crippen molar-refractivity contribution >= 4 is 16.9 Å². The van der Waals surface area contributed by atoms with Gasteiger partial charge in [0.1, 0.15) is 23.9 Å². The van der Waals surface area contributed by atoms with Crippen molar-refractivity contribution in [3.8, 4) is 0 Å². The zero-order valence-corrected chi connectivity index (χ0v) is 18.6. The Morgan fingerprint density at radius 1 is 1.09 bits per heavy atom. The molecule has 2 N–H and O–H groups in total. The molecule has 2 aliphatic rings. The standard InChI is InChI=1S/C24H32N6O2/c25-18-9-6-13-29(24(18)31)15-20-28-22-19(12-11-17-7-2-1-3-8-17)26-16-27-23(22)30(20)21-10-4-5-14-32-21/h6,9,13,16-17,21H,1-5,7-8,10-12,14-15,25H2. The number of hydrogen-bond donors (Lipinski definition) is 1. The number of nitrogens with two attached hydrogens (primary N) is 1. The maximum absolute atomic E-state index is 12.6. The third kappa shape index (κ3) is 4.28. The summed E-state index contributed by atoms with van der Waals surface area (Å²) in [5.74, 6) is 1.54. The zero-order chi connectivity index (χ0) is 21.9. The average Bonchev–Trinajstić information content (AvgIpc) is 3.20. The zero-order valence-electron chi connectivity index (χ0n) is 18.6. The first-order chi connectivity index (χ1) is 15.7. The molecule has 4 heterocycles. The second kappa shape index (κ2) is 9.40. The molecule has 5 rings (SSSR count). The van der Waals surface area contributed by atoms with Crippen molar-refractivity contribution in [2.75, 3.05) is 12.3 Å². The molecule has 1 aliphatic carbocycles. The van der Waals surface area contributed by atoms with Gasteiger partial charge in [0.25, 0.3) is 5.56 Å². The van der Waals surface area contributed by atoms with Gasteiger partial charge in [-0.1, -0.05) is 32.1 Å². The van der Waals surface area contributed by atoms with E-state index in [4.69, 9.17) is 15.5 Å². The molecule has 1 saturated carbocycles. The monoisotopic (exact) mass is 436 g/mol. The lowest BCUT2D eigenvalue weighted by molar-refractivity contribution is -0.0314. The SMILES string of the molecule is Nc1cccn(Cc2nc3c(CCC4CCCCC4)ncnc3n2C2CCCCO2)c1=O. The minimum absolute atomic E-state index is 0.124. The molecule has 170 valence electrons. The van der Waals surface area contributed by atoms with Crippen molar-refractivity contribution in [3.05, 3.63) is 46.5 Å². The van der Waals surface area contributed by atoms with E-state index in [0.717, 1.165) is 67.3 Å². The first-order valence-corrected chi connectivity index (χ1v) is 12.0. The Kier molecular flexibility index (Phi) is 6.21. The van der Waals surface area contributed by atoms with Crippen LogP contribution in [-0.2, 0) is 17.7 Å². The van der Waals surface area contributed by atoms with Crippen LogP contribution in [0, 0.1) is 5.92 Å². The molecular weight excluding hydrogens is 404 g/mol. The van der Waals surface area contributed by atoms with Gasteiger partial charge in [0.05, 0.1) is 17.9 Å². The maximum atomic E-state index is 12.6. The van der Waals surface area contributed by atoms with Gasteiger partial charge in [-0.15, -0.1) is 0 Å². The molecule has 1 atom stereocenters. The molecule has 8 heteroatoms. The van der Waals surface area contributed by atoms with E-state index >= 15 is 0 Å². The predicted molar refractivity (Wildman–Crippen MR) is 123 cm³/mol. The van der Waals surface area contributed by atoms with Crippen LogP contribution in [0.4, 0.5) is 5.69 Å². The maximum Gasteiger partial charge on any atom is 0.274 e. The van der Waals surface area contributed by atoms with Crippen LogP contribution in [0.15, 0.2) is 29.5 Å². The predicted octanol–water partition coefficient (Wildman–Crippen LogP) is 3.83. The first kappa shape index (κ1) is 21.1. The van der Waals surface area contributed by atoms with Crippen molar-refractivity contribution < 1.29 is 4.74 Å². The van der Waals surface area contributed by atoms with E-state index < -0.39 is 0 Å². The molecule has 0 amide bonds. The van der Waals surface area contributed by atoms with E-state index in [9.17, 15) is 4.79 Å². The van der Waals surface area contributed by atoms with Crippen LogP contribution in [0.2, 0.25) is 0 Å². The molecule has 0 spiro atoms. The Bertz CT molecular complexity index is 1130. The minimum Gasteiger partial charge on any atom is -0.394 e. The topological polar surface area (TPSA) is 101 Å². The van der Waals surface area contributed by atoms with Gasteiger partial charge in [-0.3, -0.25) is 9.36 Å². The fraction of sp³-hybridized carbons (Fsp3) is 0.583. The molecule has 0 radical (unpaired) electrons. The minimum atomic E-state index is -0.209. The van der Waals surface area contributed by atoms with Crippen molar-refractivity contribution in [2.24, 2.45) is 5.92 Å². The van der Waals surface area contributed by atoms with E-state index in [0.29, 0.717) is 6.54 Å². The third-order valence-corrected chi connectivity index (χ3v) is 6.95. The third-order valence-electron chi connectivity index (χ3n) is 6.95. The summed E-state index contributed by atoms with van der Waals surface area (Å²) in [5.41, 5.74) is 8.52. The first-order valence-electron chi connectivity index (χ1n) is 12.0. The molecule has 0 bridgehead atoms. The normalized spacial score (nSPS) is 20.1. The van der Waals surface area contributed by atoms with Crippen molar-refractivity contribution in [2.45, 2.75) is 77.0 Å². The Balaban J connectivity index is 1.52. The highest BCUT2D eigenvalue weighted by Crippen LogP contribution is 2.31. The lowest BCUT2D eigenvalue weighted by atomic mass is 9.86. The van der Waals surface area contributed by atoms with Crippen LogP contribution in [0.1, 0.15) is 75.5 Å². The van der Waals surface area contributed by atoms with E-state index in [-0.39, 0.29) is 17.5 Å². The molecule has 3 aromatic rings. The second-order valence-electron chi connectivity index (χ2n) is 9.15. The Hall–Kier alpha value is -2.74. The van der Waals surface area contributed by atoms with Gasteiger partial charge in [-0.2, -0.15) is 0 Å². The van der Waals surface area contributed by atoms with Gasteiger partial charge in [0.2, 0.25) is 0 Å². The number of fused-ring (bicyclic) bond motifs is 1. The summed E-state index contributed by atoms with van der Waals surface area (Å²) in [5, 5.41) is 0. The number of nitrogens with zero attached hydrogens (tertiary/aromatic N) is 5. The van der Waals surface area contributed by atoms with Crippen LogP contribution in [0.5, 0.6) is 0 Å². The van der Waals surface area contributed by atoms with E-state index in [2.05, 4.69) is 14.5 Å². The lowest BCUT2D eigenvalue weighted by Gasteiger charge is -2.25. The fourth-order valence-corrected chi connectivity index (χ4v) is 5.17. The number of aryl methyl sites for hydroxylation is 1. The molecule has 1 saturated heterocycles. The number of pyridine rings is 1. The van der Waals surface area contributed by atoms with Crippen LogP contribution in [-0.4, -0.2) is 30.7 Å². The van der Waals surface area contributed by atoms with Crippen LogP contribution in [0.3, 0.4) is 0 Å². The molecule has 8 nitrogen and oxygen atoms in total. The highest BCUT2D eigenvalue weighted by Gasteiger charge is 2.25. The van der Waals surface area contributed by atoms with Crippen LogP contribution >= 0.6 is 0 Å². The number of nitrogen functional groups attached to an aromatic ring is 1. The summed E-state index contributed by atoms with van der Waals surface area (Å²) in [6.45, 7) is 1.05. The van der Waals surface area contributed by atoms with Gasteiger partial charge in [0.15, 0.2) is 5.65 Å². The Morgan fingerprint density at radius 2 is 1.94 bits per heavy atom. The largest absolute Gasteiger partial charge is 0.394 e. The van der Waals surface area contributed by atoms with Gasteiger partial charge in [-0.05, 0) is 50.2 Å². The molecule has 2 fully saturated rings. The number of hydrogen-bond acceptors (Lipinski definition) is 6. The number of imidazole rings is 1. The number of rotatable bonds is 6. The number of anilines is 1. The molecule has 0 aromatic carbocycles. The van der Waals surface area contributed by atoms with Crippen LogP contribution < -0.4 is 11.3 Å². The summed E-state index contributed by atoms with van der Waals surface area (Å²) in [6, 6.07) is 3.41. The Labute approximate surface area is 187 Å². The summed E-state index contributed by atoms with van der Waals surface area (Å²) < 4.78 is 9.79. The molecule has 32 heavy (non-hydrogen) atoms. The van der Waals surface area contributed by atoms with Crippen molar-refractivity contribution in [3.63, 3.8) is 0 Å². The van der Waals surface area contributed by atoms with Gasteiger partial charge in [-0.25, -0.2) is 15.0 Å². The van der Waals surface area contributed by atoms with Gasteiger partial charge >= 0.3 is 0 Å². The quantitative estimate of drug-likeness (QED) is 0.630.